The summed E-state index contributed by atoms with van der Waals surface area (Å²) in [5.41, 5.74) is -0.440. The fraction of sp³-hybridized carbons (Fsp3) is 0.381. The van der Waals surface area contributed by atoms with E-state index >= 15 is 0 Å². The van der Waals surface area contributed by atoms with E-state index in [-0.39, 0.29) is 30.2 Å². The second kappa shape index (κ2) is 10.0. The van der Waals surface area contributed by atoms with E-state index in [4.69, 9.17) is 0 Å². The van der Waals surface area contributed by atoms with Gasteiger partial charge in [0.05, 0.1) is 11.3 Å². The summed E-state index contributed by atoms with van der Waals surface area (Å²) < 4.78 is 43.3. The summed E-state index contributed by atoms with van der Waals surface area (Å²) in [6, 6.07) is 6.83. The van der Waals surface area contributed by atoms with Gasteiger partial charge in [-0.2, -0.15) is 13.2 Å². The van der Waals surface area contributed by atoms with Crippen molar-refractivity contribution in [1.82, 2.24) is 14.8 Å². The first-order valence-electron chi connectivity index (χ1n) is 9.89. The van der Waals surface area contributed by atoms with E-state index in [1.807, 2.05) is 6.92 Å². The summed E-state index contributed by atoms with van der Waals surface area (Å²) in [7, 11) is 0. The molecule has 2 heterocycles. The standard InChI is InChI=1S/C21H23F3N4O2S/c1-2-13-31-26-18-4-3-16(14-17(18)21(22,23)24)20(30)28-11-9-27(10-12-28)19(29)15-5-7-25-8-6-15/h3-8,14,26H,2,9-13H2,1H3. The third-order valence-electron chi connectivity index (χ3n) is 4.84. The van der Waals surface area contributed by atoms with Gasteiger partial charge in [0, 0.05) is 55.5 Å². The van der Waals surface area contributed by atoms with Gasteiger partial charge in [0.15, 0.2) is 0 Å². The lowest BCUT2D eigenvalue weighted by molar-refractivity contribution is -0.136. The van der Waals surface area contributed by atoms with Gasteiger partial charge in [0.25, 0.3) is 11.8 Å². The molecule has 1 fully saturated rings. The van der Waals surface area contributed by atoms with Crippen molar-refractivity contribution in [2.75, 3.05) is 36.7 Å². The van der Waals surface area contributed by atoms with Crippen LogP contribution >= 0.6 is 11.9 Å². The quantitative estimate of drug-likeness (QED) is 0.527. The molecule has 1 aromatic heterocycles. The van der Waals surface area contributed by atoms with Crippen LogP contribution < -0.4 is 4.72 Å². The van der Waals surface area contributed by atoms with Crippen molar-refractivity contribution < 1.29 is 22.8 Å². The van der Waals surface area contributed by atoms with Gasteiger partial charge >= 0.3 is 6.18 Å². The minimum absolute atomic E-state index is 0.0210. The Morgan fingerprint density at radius 1 is 1.00 bits per heavy atom. The first-order valence-corrected chi connectivity index (χ1v) is 10.9. The molecule has 0 bridgehead atoms. The average Bonchev–Trinajstić information content (AvgIpc) is 2.78. The fourth-order valence-electron chi connectivity index (χ4n) is 3.20. The van der Waals surface area contributed by atoms with Crippen molar-refractivity contribution in [3.63, 3.8) is 0 Å². The Bertz CT molecular complexity index is 917. The van der Waals surface area contributed by atoms with Gasteiger partial charge in [0.1, 0.15) is 0 Å². The molecule has 2 amide bonds. The highest BCUT2D eigenvalue weighted by Gasteiger charge is 2.35. The van der Waals surface area contributed by atoms with E-state index in [2.05, 4.69) is 9.71 Å². The number of carbonyl (C=O) groups excluding carboxylic acids is 2. The van der Waals surface area contributed by atoms with Gasteiger partial charge in [-0.05, 0) is 36.8 Å². The van der Waals surface area contributed by atoms with Gasteiger partial charge in [-0.3, -0.25) is 14.6 Å². The average molecular weight is 453 g/mol. The van der Waals surface area contributed by atoms with Crippen LogP contribution in [0.3, 0.4) is 0 Å². The van der Waals surface area contributed by atoms with E-state index in [1.54, 1.807) is 17.0 Å². The number of benzene rings is 1. The maximum atomic E-state index is 13.5. The van der Waals surface area contributed by atoms with E-state index in [1.165, 1.54) is 41.4 Å². The van der Waals surface area contributed by atoms with Gasteiger partial charge in [-0.15, -0.1) is 0 Å². The highest BCUT2D eigenvalue weighted by molar-refractivity contribution is 8.00. The Morgan fingerprint density at radius 2 is 1.58 bits per heavy atom. The van der Waals surface area contributed by atoms with Crippen LogP contribution in [0.1, 0.15) is 39.6 Å². The molecule has 0 saturated carbocycles. The molecule has 0 aliphatic carbocycles. The van der Waals surface area contributed by atoms with Crippen LogP contribution in [-0.2, 0) is 6.18 Å². The first kappa shape index (κ1) is 22.9. The Balaban J connectivity index is 1.68. The number of alkyl halides is 3. The summed E-state index contributed by atoms with van der Waals surface area (Å²) >= 11 is 1.19. The number of halogens is 3. The predicted octanol–water partition coefficient (Wildman–Crippen LogP) is 4.17. The molecule has 1 aromatic carbocycles. The summed E-state index contributed by atoms with van der Waals surface area (Å²) in [6.45, 7) is 3.07. The molecule has 1 aliphatic rings. The predicted molar refractivity (Wildman–Crippen MR) is 114 cm³/mol. The number of nitrogens with zero attached hydrogens (tertiary/aromatic N) is 3. The van der Waals surface area contributed by atoms with Crippen LogP contribution in [0.4, 0.5) is 18.9 Å². The van der Waals surface area contributed by atoms with Crippen molar-refractivity contribution in [2.24, 2.45) is 0 Å². The second-order valence-electron chi connectivity index (χ2n) is 7.03. The molecular formula is C21H23F3N4O2S. The molecule has 1 saturated heterocycles. The van der Waals surface area contributed by atoms with Crippen LogP contribution in [0.25, 0.3) is 0 Å². The number of hydrogen-bond acceptors (Lipinski definition) is 5. The number of carbonyl (C=O) groups is 2. The molecule has 3 rings (SSSR count). The maximum absolute atomic E-state index is 13.5. The van der Waals surface area contributed by atoms with Crippen molar-refractivity contribution in [1.29, 1.82) is 0 Å². The van der Waals surface area contributed by atoms with Crippen LogP contribution in [0, 0.1) is 0 Å². The number of nitrogens with one attached hydrogen (secondary N) is 1. The van der Waals surface area contributed by atoms with Crippen LogP contribution in [0.2, 0.25) is 0 Å². The summed E-state index contributed by atoms with van der Waals surface area (Å²) in [5, 5.41) is 0. The molecule has 0 radical (unpaired) electrons. The highest BCUT2D eigenvalue weighted by Crippen LogP contribution is 2.36. The molecule has 2 aromatic rings. The third kappa shape index (κ3) is 5.69. The molecule has 0 spiro atoms. The zero-order valence-corrected chi connectivity index (χ0v) is 17.8. The maximum Gasteiger partial charge on any atom is 0.418 e. The Morgan fingerprint density at radius 3 is 2.13 bits per heavy atom. The first-order chi connectivity index (χ1) is 14.8. The summed E-state index contributed by atoms with van der Waals surface area (Å²) in [6.07, 6.45) is -0.693. The molecule has 0 unspecified atom stereocenters. The number of aromatic nitrogens is 1. The van der Waals surface area contributed by atoms with Gasteiger partial charge < -0.3 is 14.5 Å². The lowest BCUT2D eigenvalue weighted by atomic mass is 10.1. The molecule has 166 valence electrons. The molecular weight excluding hydrogens is 429 g/mol. The molecule has 6 nitrogen and oxygen atoms in total. The monoisotopic (exact) mass is 452 g/mol. The van der Waals surface area contributed by atoms with Gasteiger partial charge in [-0.25, -0.2) is 0 Å². The number of anilines is 1. The minimum atomic E-state index is -4.58. The molecule has 0 atom stereocenters. The highest BCUT2D eigenvalue weighted by atomic mass is 32.2. The van der Waals surface area contributed by atoms with Crippen molar-refractivity contribution in [2.45, 2.75) is 19.5 Å². The number of pyridine rings is 1. The smallest absolute Gasteiger partial charge is 0.335 e. The van der Waals surface area contributed by atoms with E-state index in [0.29, 0.717) is 24.4 Å². The van der Waals surface area contributed by atoms with Gasteiger partial charge in [0.2, 0.25) is 0 Å². The van der Waals surface area contributed by atoms with Crippen molar-refractivity contribution >= 4 is 29.4 Å². The molecule has 10 heteroatoms. The van der Waals surface area contributed by atoms with E-state index in [9.17, 15) is 22.8 Å². The zero-order chi connectivity index (χ0) is 22.4. The van der Waals surface area contributed by atoms with Crippen LogP contribution in [-0.4, -0.2) is 58.5 Å². The van der Waals surface area contributed by atoms with Crippen LogP contribution in [0.15, 0.2) is 42.7 Å². The van der Waals surface area contributed by atoms with Crippen molar-refractivity contribution in [3.05, 3.63) is 59.4 Å². The summed E-state index contributed by atoms with van der Waals surface area (Å²) in [5.74, 6) is 0.0311. The Labute approximate surface area is 182 Å². The van der Waals surface area contributed by atoms with E-state index < -0.39 is 17.6 Å². The Kier molecular flexibility index (Phi) is 7.42. The molecule has 1 aliphatic heterocycles. The fourth-order valence-corrected chi connectivity index (χ4v) is 3.84. The van der Waals surface area contributed by atoms with E-state index in [0.717, 1.165) is 12.5 Å². The summed E-state index contributed by atoms with van der Waals surface area (Å²) in [4.78, 5) is 32.3. The zero-order valence-electron chi connectivity index (χ0n) is 17.0. The number of amides is 2. The third-order valence-corrected chi connectivity index (χ3v) is 5.82. The van der Waals surface area contributed by atoms with Gasteiger partial charge in [-0.1, -0.05) is 18.9 Å². The second-order valence-corrected chi connectivity index (χ2v) is 7.93. The largest absolute Gasteiger partial charge is 0.418 e. The SMILES string of the molecule is CCCSNc1ccc(C(=O)N2CCN(C(=O)c3ccncc3)CC2)cc1C(F)(F)F. The van der Waals surface area contributed by atoms with Crippen LogP contribution in [0.5, 0.6) is 0 Å². The number of hydrogen-bond donors (Lipinski definition) is 1. The molecule has 31 heavy (non-hydrogen) atoms. The topological polar surface area (TPSA) is 65.5 Å². The lowest BCUT2D eigenvalue weighted by Gasteiger charge is -2.35. The minimum Gasteiger partial charge on any atom is -0.335 e. The molecule has 1 N–H and O–H groups in total. The normalized spacial score (nSPS) is 14.5. The lowest BCUT2D eigenvalue weighted by Crippen LogP contribution is -2.50. The van der Waals surface area contributed by atoms with Crippen molar-refractivity contribution in [3.8, 4) is 0 Å². The number of piperazine rings is 1. The number of rotatable bonds is 6. The Hall–Kier alpha value is -2.75.